The number of carbonyl (C=O) groups is 2. The SMILES string of the molecule is CC(C)=NSC1=C(C(=O)O)N2C(=O)[C@H]([C@@H](C)O)[C@H]2S1. The first kappa shape index (κ1) is 14.4. The molecule has 3 atom stereocenters. The molecule has 19 heavy (non-hydrogen) atoms. The van der Waals surface area contributed by atoms with Crippen molar-refractivity contribution in [2.24, 2.45) is 10.3 Å². The topological polar surface area (TPSA) is 90.2 Å². The van der Waals surface area contributed by atoms with Gasteiger partial charge in [-0.05, 0) is 20.8 Å². The Morgan fingerprint density at radius 2 is 2.16 bits per heavy atom. The first-order valence-corrected chi connectivity index (χ1v) is 7.33. The minimum Gasteiger partial charge on any atom is -0.477 e. The third-order valence-corrected chi connectivity index (χ3v) is 5.26. The Balaban J connectivity index is 2.26. The first-order valence-electron chi connectivity index (χ1n) is 5.68. The molecule has 0 bridgehead atoms. The third-order valence-electron chi connectivity index (χ3n) is 2.78. The molecule has 2 heterocycles. The Morgan fingerprint density at radius 3 is 2.63 bits per heavy atom. The molecule has 2 aliphatic heterocycles. The second-order valence-electron chi connectivity index (χ2n) is 4.55. The van der Waals surface area contributed by atoms with E-state index < -0.39 is 18.0 Å². The maximum atomic E-state index is 11.9. The molecule has 0 aliphatic carbocycles. The van der Waals surface area contributed by atoms with Crippen molar-refractivity contribution >= 4 is 41.3 Å². The number of fused-ring (bicyclic) bond motifs is 1. The number of amides is 1. The van der Waals surface area contributed by atoms with Crippen LogP contribution in [-0.4, -0.2) is 44.2 Å². The standard InChI is InChI=1S/C11H14N2O4S2/c1-4(2)12-19-11-7(10(16)17)13-8(15)6(5(3)14)9(13)18-11/h5-6,9,14H,1-3H3,(H,16,17)/t5-,6+,9-/m1/s1. The van der Waals surface area contributed by atoms with E-state index in [0.717, 1.165) is 17.7 Å². The summed E-state index contributed by atoms with van der Waals surface area (Å²) in [7, 11) is 0. The van der Waals surface area contributed by atoms with E-state index in [1.54, 1.807) is 6.92 Å². The van der Waals surface area contributed by atoms with Crippen LogP contribution in [0.5, 0.6) is 0 Å². The molecule has 2 rings (SSSR count). The molecule has 8 heteroatoms. The number of carboxylic acids is 1. The van der Waals surface area contributed by atoms with Crippen molar-refractivity contribution in [2.45, 2.75) is 32.2 Å². The summed E-state index contributed by atoms with van der Waals surface area (Å²) in [5.41, 5.74) is 0.794. The molecule has 0 spiro atoms. The lowest BCUT2D eigenvalue weighted by Crippen LogP contribution is -2.60. The van der Waals surface area contributed by atoms with Gasteiger partial charge in [-0.1, -0.05) is 11.8 Å². The number of aliphatic carboxylic acids is 1. The van der Waals surface area contributed by atoms with Crippen LogP contribution in [0.15, 0.2) is 14.3 Å². The predicted octanol–water partition coefficient (Wildman–Crippen LogP) is 1.28. The zero-order valence-corrected chi connectivity index (χ0v) is 12.3. The Morgan fingerprint density at radius 1 is 1.53 bits per heavy atom. The molecule has 1 fully saturated rings. The molecule has 1 saturated heterocycles. The van der Waals surface area contributed by atoms with Crippen LogP contribution in [0.1, 0.15) is 20.8 Å². The lowest BCUT2D eigenvalue weighted by atomic mass is 9.92. The Labute approximate surface area is 119 Å². The second-order valence-corrected chi connectivity index (χ2v) is 6.71. The molecule has 1 amide bonds. The summed E-state index contributed by atoms with van der Waals surface area (Å²) in [6.45, 7) is 5.17. The fourth-order valence-electron chi connectivity index (χ4n) is 1.95. The number of aliphatic hydroxyl groups excluding tert-OH is 1. The number of hydrogen-bond donors (Lipinski definition) is 2. The van der Waals surface area contributed by atoms with Crippen molar-refractivity contribution in [1.29, 1.82) is 0 Å². The van der Waals surface area contributed by atoms with Crippen LogP contribution >= 0.6 is 23.7 Å². The molecule has 0 unspecified atom stereocenters. The zero-order chi connectivity index (χ0) is 14.3. The Kier molecular flexibility index (Phi) is 3.93. The Hall–Kier alpha value is -0.990. The van der Waals surface area contributed by atoms with Gasteiger partial charge in [-0.25, -0.2) is 9.19 Å². The van der Waals surface area contributed by atoms with Gasteiger partial charge in [0.1, 0.15) is 5.37 Å². The minimum atomic E-state index is -1.14. The van der Waals surface area contributed by atoms with Gasteiger partial charge in [0, 0.05) is 17.7 Å². The zero-order valence-electron chi connectivity index (χ0n) is 10.7. The third kappa shape index (κ3) is 2.39. The summed E-state index contributed by atoms with van der Waals surface area (Å²) in [6.07, 6.45) is -0.781. The Bertz CT molecular complexity index is 497. The van der Waals surface area contributed by atoms with Gasteiger partial charge in [0.15, 0.2) is 5.70 Å². The van der Waals surface area contributed by atoms with Gasteiger partial charge in [-0.3, -0.25) is 9.69 Å². The molecule has 104 valence electrons. The van der Waals surface area contributed by atoms with Crippen LogP contribution in [0.4, 0.5) is 0 Å². The fourth-order valence-corrected chi connectivity index (χ4v) is 4.39. The van der Waals surface area contributed by atoms with Gasteiger partial charge in [0.25, 0.3) is 0 Å². The molecule has 0 aromatic rings. The average Bonchev–Trinajstić information content (AvgIpc) is 2.60. The number of rotatable bonds is 4. The number of hydrogen-bond acceptors (Lipinski definition) is 6. The summed E-state index contributed by atoms with van der Waals surface area (Å²) in [5, 5.41) is 18.5. The van der Waals surface area contributed by atoms with Crippen molar-refractivity contribution in [2.75, 3.05) is 0 Å². The number of nitrogens with zero attached hydrogens (tertiary/aromatic N) is 2. The molecular formula is C11H14N2O4S2. The van der Waals surface area contributed by atoms with E-state index in [9.17, 15) is 19.8 Å². The highest BCUT2D eigenvalue weighted by atomic mass is 32.2. The predicted molar refractivity (Wildman–Crippen MR) is 74.4 cm³/mol. The largest absolute Gasteiger partial charge is 0.477 e. The minimum absolute atomic E-state index is 0.0214. The lowest BCUT2D eigenvalue weighted by molar-refractivity contribution is -0.156. The summed E-state index contributed by atoms with van der Waals surface area (Å²) in [6, 6.07) is 0. The van der Waals surface area contributed by atoms with E-state index in [1.807, 2.05) is 13.8 Å². The molecule has 2 N–H and O–H groups in total. The normalized spacial score (nSPS) is 26.9. The maximum absolute atomic E-state index is 11.9. The van der Waals surface area contributed by atoms with E-state index in [-0.39, 0.29) is 17.0 Å². The lowest BCUT2D eigenvalue weighted by Gasteiger charge is -2.43. The van der Waals surface area contributed by atoms with E-state index in [4.69, 9.17) is 0 Å². The molecule has 0 aromatic carbocycles. The van der Waals surface area contributed by atoms with Crippen molar-refractivity contribution < 1.29 is 19.8 Å². The second kappa shape index (κ2) is 5.18. The molecule has 2 aliphatic rings. The van der Waals surface area contributed by atoms with E-state index >= 15 is 0 Å². The van der Waals surface area contributed by atoms with Crippen LogP contribution in [-0.2, 0) is 9.59 Å². The van der Waals surface area contributed by atoms with Gasteiger partial charge >= 0.3 is 5.97 Å². The fraction of sp³-hybridized carbons (Fsp3) is 0.545. The molecule has 0 radical (unpaired) electrons. The number of aliphatic hydroxyl groups is 1. The molecule has 0 saturated carbocycles. The van der Waals surface area contributed by atoms with Crippen molar-refractivity contribution in [3.8, 4) is 0 Å². The maximum Gasteiger partial charge on any atom is 0.354 e. The highest BCUT2D eigenvalue weighted by Crippen LogP contribution is 2.53. The van der Waals surface area contributed by atoms with Gasteiger partial charge < -0.3 is 10.2 Å². The summed E-state index contributed by atoms with van der Waals surface area (Å²) >= 11 is 2.34. The van der Waals surface area contributed by atoms with Crippen LogP contribution in [0.25, 0.3) is 0 Å². The van der Waals surface area contributed by atoms with E-state index in [2.05, 4.69) is 4.40 Å². The smallest absolute Gasteiger partial charge is 0.354 e. The van der Waals surface area contributed by atoms with Crippen LogP contribution in [0, 0.1) is 5.92 Å². The van der Waals surface area contributed by atoms with Crippen molar-refractivity contribution in [3.05, 3.63) is 9.93 Å². The molecule has 0 aromatic heterocycles. The number of β-lactam (4-membered cyclic amide) rings is 1. The van der Waals surface area contributed by atoms with Crippen molar-refractivity contribution in [1.82, 2.24) is 4.90 Å². The number of thioether (sulfide) groups is 1. The number of carboxylic acid groups (broad SMARTS) is 1. The summed E-state index contributed by atoms with van der Waals surface area (Å²) in [5.74, 6) is -2.01. The highest BCUT2D eigenvalue weighted by molar-refractivity contribution is 8.22. The summed E-state index contributed by atoms with van der Waals surface area (Å²) in [4.78, 5) is 24.4. The van der Waals surface area contributed by atoms with E-state index in [1.165, 1.54) is 16.7 Å². The highest BCUT2D eigenvalue weighted by Gasteiger charge is 2.57. The van der Waals surface area contributed by atoms with Gasteiger partial charge in [0.2, 0.25) is 5.91 Å². The van der Waals surface area contributed by atoms with Crippen LogP contribution in [0.3, 0.4) is 0 Å². The van der Waals surface area contributed by atoms with Gasteiger partial charge in [-0.2, -0.15) is 0 Å². The van der Waals surface area contributed by atoms with Crippen molar-refractivity contribution in [3.63, 3.8) is 0 Å². The van der Waals surface area contributed by atoms with E-state index in [0.29, 0.717) is 4.24 Å². The number of carbonyl (C=O) groups excluding carboxylic acids is 1. The molecule has 6 nitrogen and oxygen atoms in total. The van der Waals surface area contributed by atoms with Gasteiger partial charge in [-0.15, -0.1) is 0 Å². The first-order chi connectivity index (χ1) is 8.84. The van der Waals surface area contributed by atoms with Crippen LogP contribution in [0.2, 0.25) is 0 Å². The quantitative estimate of drug-likeness (QED) is 0.462. The average molecular weight is 302 g/mol. The van der Waals surface area contributed by atoms with Crippen LogP contribution < -0.4 is 0 Å². The monoisotopic (exact) mass is 302 g/mol. The molecular weight excluding hydrogens is 288 g/mol. The summed E-state index contributed by atoms with van der Waals surface area (Å²) < 4.78 is 4.62. The van der Waals surface area contributed by atoms with Gasteiger partial charge in [0.05, 0.1) is 16.3 Å².